The molecule has 3 rings (SSSR count). The van der Waals surface area contributed by atoms with E-state index in [1.165, 1.54) is 16.8 Å². The molecule has 2 aliphatic rings. The molecule has 0 saturated heterocycles. The van der Waals surface area contributed by atoms with Crippen LogP contribution in [0.3, 0.4) is 0 Å². The van der Waals surface area contributed by atoms with E-state index in [1.807, 2.05) is 0 Å². The monoisotopic (exact) mass is 375 g/mol. The lowest BCUT2D eigenvalue weighted by atomic mass is 9.92. The summed E-state index contributed by atoms with van der Waals surface area (Å²) in [6, 6.07) is 9.28. The second-order valence-corrected chi connectivity index (χ2v) is 7.47. The summed E-state index contributed by atoms with van der Waals surface area (Å²) in [5, 5.41) is 3.59. The highest BCUT2D eigenvalue weighted by molar-refractivity contribution is 6.02. The average Bonchev–Trinajstić information content (AvgIpc) is 2.72. The van der Waals surface area contributed by atoms with Crippen molar-refractivity contribution in [3.63, 3.8) is 0 Å². The largest absolute Gasteiger partial charge is 0.372 e. The molecule has 2 unspecified atom stereocenters. The van der Waals surface area contributed by atoms with Crippen LogP contribution in [0.5, 0.6) is 0 Å². The van der Waals surface area contributed by atoms with Gasteiger partial charge in [0.2, 0.25) is 0 Å². The Hall–Kier alpha value is -2.39. The summed E-state index contributed by atoms with van der Waals surface area (Å²) < 4.78 is 0. The molecule has 0 spiro atoms. The fourth-order valence-electron chi connectivity index (χ4n) is 4.05. The molecule has 1 aromatic carbocycles. The van der Waals surface area contributed by atoms with E-state index in [0.717, 1.165) is 43.8 Å². The Morgan fingerprint density at radius 3 is 2.93 bits per heavy atom. The molecule has 3 heteroatoms. The van der Waals surface area contributed by atoms with Gasteiger partial charge >= 0.3 is 0 Å². The van der Waals surface area contributed by atoms with E-state index >= 15 is 0 Å². The molecule has 1 heterocycles. The van der Waals surface area contributed by atoms with Crippen molar-refractivity contribution in [3.8, 4) is 0 Å². The lowest BCUT2D eigenvalue weighted by Crippen LogP contribution is -2.45. The van der Waals surface area contributed by atoms with Crippen LogP contribution in [0.25, 0.3) is 0 Å². The number of hydrogen-bond acceptors (Lipinski definition) is 3. The van der Waals surface area contributed by atoms with E-state index in [0.29, 0.717) is 0 Å². The maximum absolute atomic E-state index is 5.00. The quantitative estimate of drug-likeness (QED) is 0.656. The van der Waals surface area contributed by atoms with Crippen molar-refractivity contribution in [3.05, 3.63) is 77.9 Å². The van der Waals surface area contributed by atoms with Crippen molar-refractivity contribution in [1.82, 2.24) is 5.32 Å². The lowest BCUT2D eigenvalue weighted by molar-refractivity contribution is 0.596. The summed E-state index contributed by atoms with van der Waals surface area (Å²) in [6.07, 6.45) is 12.6. The first kappa shape index (κ1) is 20.3. The maximum Gasteiger partial charge on any atom is 0.0877 e. The Morgan fingerprint density at radius 2 is 2.18 bits per heavy atom. The van der Waals surface area contributed by atoms with Crippen LogP contribution in [-0.4, -0.2) is 37.4 Å². The topological polar surface area (TPSA) is 27.6 Å². The van der Waals surface area contributed by atoms with Gasteiger partial charge in [0.05, 0.1) is 17.8 Å². The summed E-state index contributed by atoms with van der Waals surface area (Å²) >= 11 is 0. The van der Waals surface area contributed by atoms with Crippen molar-refractivity contribution in [2.24, 2.45) is 4.99 Å². The predicted octanol–water partition coefficient (Wildman–Crippen LogP) is 4.88. The highest BCUT2D eigenvalue weighted by Gasteiger charge is 2.24. The summed E-state index contributed by atoms with van der Waals surface area (Å²) in [4.78, 5) is 7.43. The smallest absolute Gasteiger partial charge is 0.0877 e. The lowest BCUT2D eigenvalue weighted by Gasteiger charge is -2.29. The van der Waals surface area contributed by atoms with Crippen LogP contribution in [0.4, 0.5) is 5.69 Å². The van der Waals surface area contributed by atoms with E-state index in [2.05, 4.69) is 92.2 Å². The van der Waals surface area contributed by atoms with Crippen LogP contribution in [0.2, 0.25) is 0 Å². The molecule has 2 atom stereocenters. The standard InChI is InChI=1S/C25H33N3/c1-5-15-28(7-3)21-12-10-11-20(17-21)16-19(4)22(6-2)25-18-26-23-13-8-9-14-24(23)27-25/h6,8-14,17,23,25-26H,4-5,7,15-16,18H2,1-3H3/b22-6+. The number of allylic oxidation sites excluding steroid dienone is 3. The molecule has 0 radical (unpaired) electrons. The van der Waals surface area contributed by atoms with Gasteiger partial charge in [0, 0.05) is 25.3 Å². The van der Waals surface area contributed by atoms with Crippen molar-refractivity contribution < 1.29 is 0 Å². The Kier molecular flexibility index (Phi) is 7.05. The molecular weight excluding hydrogens is 342 g/mol. The molecule has 1 N–H and O–H groups in total. The van der Waals surface area contributed by atoms with Gasteiger partial charge in [-0.1, -0.05) is 49.9 Å². The minimum absolute atomic E-state index is 0.135. The number of nitrogens with zero attached hydrogens (tertiary/aromatic N) is 2. The molecule has 0 amide bonds. The van der Waals surface area contributed by atoms with Crippen LogP contribution < -0.4 is 10.2 Å². The molecule has 148 valence electrons. The highest BCUT2D eigenvalue weighted by atomic mass is 15.1. The molecule has 28 heavy (non-hydrogen) atoms. The summed E-state index contributed by atoms with van der Waals surface area (Å²) in [7, 11) is 0. The molecule has 0 saturated carbocycles. The van der Waals surface area contributed by atoms with E-state index in [9.17, 15) is 0 Å². The number of nitrogens with one attached hydrogen (secondary N) is 1. The highest BCUT2D eigenvalue weighted by Crippen LogP contribution is 2.25. The van der Waals surface area contributed by atoms with Crippen LogP contribution in [0.15, 0.2) is 77.4 Å². The third kappa shape index (κ3) is 4.71. The molecule has 1 aliphatic heterocycles. The second kappa shape index (κ2) is 9.70. The number of aliphatic imine (C=N–C) groups is 1. The van der Waals surface area contributed by atoms with Gasteiger partial charge in [0.15, 0.2) is 0 Å². The Balaban J connectivity index is 1.73. The Bertz CT molecular complexity index is 813. The van der Waals surface area contributed by atoms with Crippen molar-refractivity contribution >= 4 is 11.4 Å². The summed E-state index contributed by atoms with van der Waals surface area (Å²) in [5.74, 6) is 0. The van der Waals surface area contributed by atoms with Crippen molar-refractivity contribution in [1.29, 1.82) is 0 Å². The van der Waals surface area contributed by atoms with Gasteiger partial charge in [0.1, 0.15) is 0 Å². The second-order valence-electron chi connectivity index (χ2n) is 7.47. The SMILES string of the molecule is C=C(Cc1cccc(N(CC)CCC)c1)/C(=C\C)C1CNC2C=CC=CC2=N1. The normalized spacial score (nSPS) is 21.2. The van der Waals surface area contributed by atoms with E-state index in [1.54, 1.807) is 0 Å². The molecule has 0 bridgehead atoms. The maximum atomic E-state index is 5.00. The number of rotatable bonds is 8. The van der Waals surface area contributed by atoms with Crippen molar-refractivity contribution in [2.45, 2.75) is 45.7 Å². The predicted molar refractivity (Wildman–Crippen MR) is 123 cm³/mol. The molecule has 0 aromatic heterocycles. The van der Waals surface area contributed by atoms with Gasteiger partial charge in [0.25, 0.3) is 0 Å². The number of benzene rings is 1. The third-order valence-corrected chi connectivity index (χ3v) is 5.48. The summed E-state index contributed by atoms with van der Waals surface area (Å²) in [5.41, 5.74) is 6.13. The minimum Gasteiger partial charge on any atom is -0.372 e. The molecule has 0 fully saturated rings. The van der Waals surface area contributed by atoms with E-state index in [-0.39, 0.29) is 12.1 Å². The molecule has 3 nitrogen and oxygen atoms in total. The molecular formula is C25H33N3. The van der Waals surface area contributed by atoms with Gasteiger partial charge in [-0.15, -0.1) is 0 Å². The Labute approximate surface area is 170 Å². The zero-order valence-corrected chi connectivity index (χ0v) is 17.5. The van der Waals surface area contributed by atoms with E-state index < -0.39 is 0 Å². The first-order valence-electron chi connectivity index (χ1n) is 10.5. The zero-order valence-electron chi connectivity index (χ0n) is 17.5. The average molecular weight is 376 g/mol. The first-order valence-corrected chi connectivity index (χ1v) is 10.5. The van der Waals surface area contributed by atoms with Gasteiger partial charge < -0.3 is 10.2 Å². The summed E-state index contributed by atoms with van der Waals surface area (Å²) in [6.45, 7) is 13.9. The van der Waals surface area contributed by atoms with Crippen LogP contribution in [0, 0.1) is 0 Å². The number of anilines is 1. The van der Waals surface area contributed by atoms with Gasteiger partial charge in [-0.05, 0) is 61.6 Å². The van der Waals surface area contributed by atoms with E-state index in [4.69, 9.17) is 4.99 Å². The fraction of sp³-hybridized carbons (Fsp3) is 0.400. The van der Waals surface area contributed by atoms with Gasteiger partial charge in [-0.25, -0.2) is 0 Å². The Morgan fingerprint density at radius 1 is 1.32 bits per heavy atom. The van der Waals surface area contributed by atoms with Gasteiger partial charge in [-0.3, -0.25) is 4.99 Å². The minimum atomic E-state index is 0.135. The molecule has 1 aliphatic carbocycles. The number of fused-ring (bicyclic) bond motifs is 1. The third-order valence-electron chi connectivity index (χ3n) is 5.48. The molecule has 1 aromatic rings. The van der Waals surface area contributed by atoms with Crippen LogP contribution in [-0.2, 0) is 6.42 Å². The number of hydrogen-bond donors (Lipinski definition) is 1. The zero-order chi connectivity index (χ0) is 19.9. The fourth-order valence-corrected chi connectivity index (χ4v) is 4.05. The van der Waals surface area contributed by atoms with Crippen LogP contribution >= 0.6 is 0 Å². The first-order chi connectivity index (χ1) is 13.7. The van der Waals surface area contributed by atoms with Crippen LogP contribution in [0.1, 0.15) is 32.8 Å². The van der Waals surface area contributed by atoms with Crippen molar-refractivity contribution in [2.75, 3.05) is 24.5 Å². The van der Waals surface area contributed by atoms with Gasteiger partial charge in [-0.2, -0.15) is 0 Å².